The van der Waals surface area contributed by atoms with E-state index in [4.69, 9.17) is 4.74 Å². The van der Waals surface area contributed by atoms with Crippen molar-refractivity contribution < 1.29 is 14.3 Å². The predicted octanol–water partition coefficient (Wildman–Crippen LogP) is 3.81. The lowest BCUT2D eigenvalue weighted by molar-refractivity contribution is -0.151. The van der Waals surface area contributed by atoms with Gasteiger partial charge in [0.05, 0.1) is 5.92 Å². The number of carbonyl (C=O) groups excluding carboxylic acids is 2. The van der Waals surface area contributed by atoms with E-state index in [-0.39, 0.29) is 17.7 Å². The van der Waals surface area contributed by atoms with Gasteiger partial charge in [-0.2, -0.15) is 0 Å². The molecule has 0 amide bonds. The van der Waals surface area contributed by atoms with Gasteiger partial charge in [-0.25, -0.2) is 0 Å². The summed E-state index contributed by atoms with van der Waals surface area (Å²) in [5.41, 5.74) is 1.21. The topological polar surface area (TPSA) is 43.4 Å². The van der Waals surface area contributed by atoms with E-state index >= 15 is 0 Å². The van der Waals surface area contributed by atoms with Crippen LogP contribution >= 0.6 is 0 Å². The molecule has 21 heavy (non-hydrogen) atoms. The predicted molar refractivity (Wildman–Crippen MR) is 80.9 cm³/mol. The van der Waals surface area contributed by atoms with Crippen LogP contribution in [-0.2, 0) is 9.53 Å². The largest absolute Gasteiger partial charge is 0.449 e. The van der Waals surface area contributed by atoms with E-state index in [0.29, 0.717) is 11.1 Å². The molecule has 0 radical (unpaired) electrons. The van der Waals surface area contributed by atoms with Gasteiger partial charge in [-0.15, -0.1) is 0 Å². The molecular weight excluding hydrogens is 264 g/mol. The van der Waals surface area contributed by atoms with Crippen molar-refractivity contribution in [2.45, 2.75) is 20.0 Å². The Labute approximate surface area is 124 Å². The number of ether oxygens (including phenoxy) is 1. The molecule has 0 saturated heterocycles. The fourth-order valence-electron chi connectivity index (χ4n) is 1.91. The molecule has 0 fully saturated rings. The summed E-state index contributed by atoms with van der Waals surface area (Å²) in [6, 6.07) is 18.0. The maximum absolute atomic E-state index is 12.6. The molecule has 0 N–H and O–H groups in total. The highest BCUT2D eigenvalue weighted by atomic mass is 16.5. The highest BCUT2D eigenvalue weighted by Gasteiger charge is 2.26. The molecule has 3 nitrogen and oxygen atoms in total. The normalized spacial score (nSPS) is 12.0. The quantitative estimate of drug-likeness (QED) is 0.618. The summed E-state index contributed by atoms with van der Waals surface area (Å²) in [7, 11) is 0. The number of carbonyl (C=O) groups is 2. The lowest BCUT2D eigenvalue weighted by atomic mass is 9.99. The highest BCUT2D eigenvalue weighted by molar-refractivity contribution is 6.01. The summed E-state index contributed by atoms with van der Waals surface area (Å²) in [5.74, 6) is -0.872. The van der Waals surface area contributed by atoms with Crippen LogP contribution in [0.4, 0.5) is 0 Å². The number of esters is 1. The van der Waals surface area contributed by atoms with Crippen LogP contribution in [0, 0.1) is 5.92 Å². The van der Waals surface area contributed by atoms with E-state index < -0.39 is 6.10 Å². The smallest absolute Gasteiger partial charge is 0.309 e. The highest BCUT2D eigenvalue weighted by Crippen LogP contribution is 2.23. The average Bonchev–Trinajstić information content (AvgIpc) is 2.53. The Balaban J connectivity index is 2.32. The zero-order chi connectivity index (χ0) is 15.2. The first-order valence-electron chi connectivity index (χ1n) is 6.94. The molecule has 2 aromatic rings. The van der Waals surface area contributed by atoms with Crippen molar-refractivity contribution in [3.8, 4) is 0 Å². The van der Waals surface area contributed by atoms with Crippen LogP contribution in [0.1, 0.15) is 35.9 Å². The molecule has 2 rings (SSSR count). The summed E-state index contributed by atoms with van der Waals surface area (Å²) >= 11 is 0. The van der Waals surface area contributed by atoms with E-state index in [2.05, 4.69) is 0 Å². The van der Waals surface area contributed by atoms with Gasteiger partial charge in [-0.05, 0) is 0 Å². The van der Waals surface area contributed by atoms with Crippen LogP contribution in [0.15, 0.2) is 60.7 Å². The second kappa shape index (κ2) is 6.84. The van der Waals surface area contributed by atoms with E-state index in [9.17, 15) is 9.59 Å². The molecule has 0 aliphatic rings. The van der Waals surface area contributed by atoms with Gasteiger partial charge in [0.15, 0.2) is 6.10 Å². The monoisotopic (exact) mass is 282 g/mol. The lowest BCUT2D eigenvalue weighted by Crippen LogP contribution is -2.22. The second-order valence-electron chi connectivity index (χ2n) is 5.11. The minimum atomic E-state index is -0.900. The van der Waals surface area contributed by atoms with Gasteiger partial charge in [-0.1, -0.05) is 74.5 Å². The maximum Gasteiger partial charge on any atom is 0.309 e. The molecule has 2 aromatic carbocycles. The number of Topliss-reactive ketones (excluding diaryl/α,β-unsaturated/α-hetero) is 1. The molecule has 0 aliphatic heterocycles. The van der Waals surface area contributed by atoms with Crippen molar-refractivity contribution in [1.82, 2.24) is 0 Å². The van der Waals surface area contributed by atoms with Gasteiger partial charge in [0.1, 0.15) is 0 Å². The fraction of sp³-hybridized carbons (Fsp3) is 0.222. The first-order chi connectivity index (χ1) is 10.1. The summed E-state index contributed by atoms with van der Waals surface area (Å²) in [5, 5.41) is 0. The van der Waals surface area contributed by atoms with Crippen LogP contribution in [0.3, 0.4) is 0 Å². The van der Waals surface area contributed by atoms with Crippen molar-refractivity contribution in [3.05, 3.63) is 71.8 Å². The van der Waals surface area contributed by atoms with Gasteiger partial charge in [-0.3, -0.25) is 9.59 Å². The Hall–Kier alpha value is -2.42. The molecule has 1 unspecified atom stereocenters. The van der Waals surface area contributed by atoms with Gasteiger partial charge < -0.3 is 4.74 Å². The van der Waals surface area contributed by atoms with Gasteiger partial charge in [0.2, 0.25) is 5.78 Å². The minimum Gasteiger partial charge on any atom is -0.449 e. The van der Waals surface area contributed by atoms with E-state index in [1.54, 1.807) is 50.2 Å². The van der Waals surface area contributed by atoms with Crippen molar-refractivity contribution in [2.75, 3.05) is 0 Å². The second-order valence-corrected chi connectivity index (χ2v) is 5.11. The van der Waals surface area contributed by atoms with Crippen LogP contribution in [0.25, 0.3) is 0 Å². The third kappa shape index (κ3) is 3.78. The molecule has 108 valence electrons. The maximum atomic E-state index is 12.6. The Morgan fingerprint density at radius 1 is 0.857 bits per heavy atom. The third-order valence-electron chi connectivity index (χ3n) is 3.10. The number of rotatable bonds is 5. The SMILES string of the molecule is CC(C)C(=O)OC(C(=O)c1ccccc1)c1ccccc1. The molecular formula is C18H18O3. The van der Waals surface area contributed by atoms with E-state index in [0.717, 1.165) is 0 Å². The van der Waals surface area contributed by atoms with Crippen LogP contribution in [0.5, 0.6) is 0 Å². The van der Waals surface area contributed by atoms with E-state index in [1.807, 2.05) is 24.3 Å². The summed E-state index contributed by atoms with van der Waals surface area (Å²) in [6.45, 7) is 3.49. The van der Waals surface area contributed by atoms with Crippen molar-refractivity contribution in [2.24, 2.45) is 5.92 Å². The van der Waals surface area contributed by atoms with Crippen LogP contribution in [-0.4, -0.2) is 11.8 Å². The Morgan fingerprint density at radius 2 is 1.38 bits per heavy atom. The van der Waals surface area contributed by atoms with Crippen molar-refractivity contribution in [3.63, 3.8) is 0 Å². The van der Waals surface area contributed by atoms with Gasteiger partial charge >= 0.3 is 5.97 Å². The summed E-state index contributed by atoms with van der Waals surface area (Å²) in [4.78, 5) is 24.5. The Morgan fingerprint density at radius 3 is 1.90 bits per heavy atom. The van der Waals surface area contributed by atoms with Gasteiger partial charge in [0.25, 0.3) is 0 Å². The number of hydrogen-bond donors (Lipinski definition) is 0. The number of hydrogen-bond acceptors (Lipinski definition) is 3. The van der Waals surface area contributed by atoms with Crippen molar-refractivity contribution in [1.29, 1.82) is 0 Å². The number of ketones is 1. The first-order valence-corrected chi connectivity index (χ1v) is 6.94. The average molecular weight is 282 g/mol. The lowest BCUT2D eigenvalue weighted by Gasteiger charge is -2.18. The molecule has 1 atom stereocenters. The van der Waals surface area contributed by atoms with Gasteiger partial charge in [0, 0.05) is 11.1 Å². The molecule has 0 heterocycles. The molecule has 0 bridgehead atoms. The van der Waals surface area contributed by atoms with E-state index in [1.165, 1.54) is 0 Å². The minimum absolute atomic E-state index is 0.212. The zero-order valence-electron chi connectivity index (χ0n) is 12.2. The standard InChI is InChI=1S/C18H18O3/c1-13(2)18(20)21-17(15-11-7-4-8-12-15)16(19)14-9-5-3-6-10-14/h3-13,17H,1-2H3. The molecule has 0 spiro atoms. The van der Waals surface area contributed by atoms with Crippen LogP contribution < -0.4 is 0 Å². The zero-order valence-corrected chi connectivity index (χ0v) is 12.2. The third-order valence-corrected chi connectivity index (χ3v) is 3.10. The fourth-order valence-corrected chi connectivity index (χ4v) is 1.91. The van der Waals surface area contributed by atoms with Crippen LogP contribution in [0.2, 0.25) is 0 Å². The Bertz CT molecular complexity index is 603. The molecule has 0 aliphatic carbocycles. The Kier molecular flexibility index (Phi) is 4.88. The molecule has 0 aromatic heterocycles. The molecule has 3 heteroatoms. The summed E-state index contributed by atoms with van der Waals surface area (Å²) < 4.78 is 5.43. The first kappa shape index (κ1) is 15.0. The summed E-state index contributed by atoms with van der Waals surface area (Å²) in [6.07, 6.45) is -0.900. The molecule has 0 saturated carbocycles. The van der Waals surface area contributed by atoms with Crippen molar-refractivity contribution >= 4 is 11.8 Å². The number of benzene rings is 2.